The van der Waals surface area contributed by atoms with Gasteiger partial charge in [0.25, 0.3) is 0 Å². The molecule has 2 aromatic heterocycles. The number of fused-ring (bicyclic) bond motifs is 16. The molecule has 94 heavy (non-hydrogen) atoms. The maximum Gasteiger partial charge on any atom is 0.143 e. The number of rotatable bonds is 7. The number of hydrogen-bond donors (Lipinski definition) is 0. The molecule has 0 saturated carbocycles. The molecule has 0 aliphatic heterocycles. The first kappa shape index (κ1) is 52.4. The van der Waals surface area contributed by atoms with Gasteiger partial charge in [0.2, 0.25) is 0 Å². The normalized spacial score (nSPS) is 12.0. The van der Waals surface area contributed by atoms with E-state index >= 15 is 0 Å². The molecule has 0 aliphatic rings. The lowest BCUT2D eigenvalue weighted by Crippen LogP contribution is -1.96. The van der Waals surface area contributed by atoms with Crippen molar-refractivity contribution in [1.29, 1.82) is 0 Å². The molecule has 0 spiro atoms. The molecule has 0 aliphatic carbocycles. The summed E-state index contributed by atoms with van der Waals surface area (Å²) < 4.78 is 14.6. The van der Waals surface area contributed by atoms with E-state index in [1.165, 1.54) is 104 Å². The highest BCUT2D eigenvalue weighted by Crippen LogP contribution is 2.55. The van der Waals surface area contributed by atoms with E-state index in [1.807, 2.05) is 0 Å². The Kier molecular flexibility index (Phi) is 11.5. The third kappa shape index (κ3) is 7.72. The summed E-state index contributed by atoms with van der Waals surface area (Å²) in [7, 11) is 0. The first-order chi connectivity index (χ1) is 46.7. The first-order valence-electron chi connectivity index (χ1n) is 32.5. The van der Waals surface area contributed by atoms with Crippen LogP contribution in [0.2, 0.25) is 0 Å². The molecule has 0 fully saturated rings. The Morgan fingerprint density at radius 1 is 0.160 bits per heavy atom. The molecule has 0 amide bonds. The van der Waals surface area contributed by atoms with Gasteiger partial charge in [-0.3, -0.25) is 0 Å². The van der Waals surface area contributed by atoms with Gasteiger partial charge in [-0.2, -0.15) is 0 Å². The Labute approximate surface area is 541 Å². The molecule has 18 aromatic carbocycles. The van der Waals surface area contributed by atoms with Crippen LogP contribution in [-0.4, -0.2) is 0 Å². The van der Waals surface area contributed by atoms with Crippen molar-refractivity contribution in [3.8, 4) is 77.9 Å². The lowest BCUT2D eigenvalue weighted by molar-refractivity contribution is 0.672. The summed E-state index contributed by atoms with van der Waals surface area (Å²) in [4.78, 5) is 0. The second-order valence-corrected chi connectivity index (χ2v) is 25.1. The van der Waals surface area contributed by atoms with E-state index in [0.29, 0.717) is 0 Å². The molecule has 0 bridgehead atoms. The Balaban J connectivity index is 0.877. The maximum atomic E-state index is 7.73. The molecule has 0 unspecified atom stereocenters. The van der Waals surface area contributed by atoms with Crippen molar-refractivity contribution in [3.05, 3.63) is 328 Å². The van der Waals surface area contributed by atoms with Gasteiger partial charge in [0.1, 0.15) is 22.3 Å². The predicted molar refractivity (Wildman–Crippen MR) is 399 cm³/mol. The highest BCUT2D eigenvalue weighted by atomic mass is 16.3. The molecule has 20 rings (SSSR count). The van der Waals surface area contributed by atoms with Gasteiger partial charge in [-0.25, -0.2) is 0 Å². The monoisotopic (exact) mass is 1190 g/mol. The molecule has 20 aromatic rings. The molecule has 0 saturated heterocycles. The minimum Gasteiger partial charge on any atom is -0.455 e. The molecule has 2 heteroatoms. The van der Waals surface area contributed by atoms with Gasteiger partial charge in [-0.1, -0.05) is 297 Å². The second kappa shape index (κ2) is 20.6. The van der Waals surface area contributed by atoms with E-state index in [-0.39, 0.29) is 0 Å². The van der Waals surface area contributed by atoms with Crippen LogP contribution >= 0.6 is 0 Å². The van der Waals surface area contributed by atoms with Crippen LogP contribution in [0.25, 0.3) is 208 Å². The summed E-state index contributed by atoms with van der Waals surface area (Å²) in [6, 6.07) is 121. The molecule has 0 radical (unpaired) electrons. The zero-order valence-electron chi connectivity index (χ0n) is 51.0. The van der Waals surface area contributed by atoms with Crippen molar-refractivity contribution in [2.75, 3.05) is 0 Å². The van der Waals surface area contributed by atoms with E-state index in [0.717, 1.165) is 104 Å². The predicted octanol–water partition coefficient (Wildman–Crippen LogP) is 26.4. The average molecular weight is 1190 g/mol. The number of para-hydroxylation sites is 1. The Bertz CT molecular complexity index is 6490. The van der Waals surface area contributed by atoms with Crippen molar-refractivity contribution >= 4 is 130 Å². The van der Waals surface area contributed by atoms with Gasteiger partial charge in [0.15, 0.2) is 0 Å². The van der Waals surface area contributed by atoms with Crippen LogP contribution in [0, 0.1) is 0 Å². The molecular formula is C92H54O2. The van der Waals surface area contributed by atoms with Crippen molar-refractivity contribution in [1.82, 2.24) is 0 Å². The summed E-state index contributed by atoms with van der Waals surface area (Å²) >= 11 is 0. The lowest BCUT2D eigenvalue weighted by Gasteiger charge is -2.23. The number of benzene rings is 18. The standard InChI is InChI=1S/C92H54O2/c1-5-31-61-55(23-1)27-20-44-63(61)58-29-19-30-60(53-58)83-67-35-9-11-37-69(67)86(70-38-12-10-36-68(70)83)79-52-51-76(92-89(79)80-50-49-57-25-3-7-33-64(57)90(80)94-92)75-46-22-47-78(84(75)66-45-21-28-56-24-2-6-32-62(56)66)85-71-39-13-15-41-73(71)87(74-42-16-14-40-72(74)85)81-54-59-26-4-8-34-65(59)91-88(81)77-43-17-18-48-82(77)93-91/h1-54H. The van der Waals surface area contributed by atoms with Gasteiger partial charge in [-0.15, -0.1) is 0 Å². The molecule has 0 N–H and O–H groups in total. The summed E-state index contributed by atoms with van der Waals surface area (Å²) in [5.74, 6) is 0. The Morgan fingerprint density at radius 2 is 0.564 bits per heavy atom. The smallest absolute Gasteiger partial charge is 0.143 e. The fourth-order valence-electron chi connectivity index (χ4n) is 16.3. The summed E-state index contributed by atoms with van der Waals surface area (Å²) in [6.07, 6.45) is 0. The quantitative estimate of drug-likeness (QED) is 0.149. The third-order valence-corrected chi connectivity index (χ3v) is 20.2. The molecule has 434 valence electrons. The van der Waals surface area contributed by atoms with Crippen LogP contribution < -0.4 is 0 Å². The van der Waals surface area contributed by atoms with Crippen LogP contribution in [0.3, 0.4) is 0 Å². The fraction of sp³-hybridized carbons (Fsp3) is 0. The first-order valence-corrected chi connectivity index (χ1v) is 32.5. The highest BCUT2D eigenvalue weighted by molar-refractivity contribution is 6.32. The van der Waals surface area contributed by atoms with Crippen LogP contribution in [0.1, 0.15) is 0 Å². The van der Waals surface area contributed by atoms with E-state index in [2.05, 4.69) is 328 Å². The lowest BCUT2D eigenvalue weighted by atomic mass is 9.80. The van der Waals surface area contributed by atoms with Gasteiger partial charge in [0.05, 0.1) is 0 Å². The van der Waals surface area contributed by atoms with E-state index < -0.39 is 0 Å². The van der Waals surface area contributed by atoms with Crippen molar-refractivity contribution in [2.24, 2.45) is 0 Å². The number of hydrogen-bond acceptors (Lipinski definition) is 2. The topological polar surface area (TPSA) is 26.3 Å². The van der Waals surface area contributed by atoms with Gasteiger partial charge in [0, 0.05) is 37.9 Å². The highest BCUT2D eigenvalue weighted by Gasteiger charge is 2.29. The third-order valence-electron chi connectivity index (χ3n) is 20.2. The van der Waals surface area contributed by atoms with Crippen molar-refractivity contribution < 1.29 is 8.83 Å². The van der Waals surface area contributed by atoms with Gasteiger partial charge in [-0.05, 0) is 178 Å². The van der Waals surface area contributed by atoms with Crippen molar-refractivity contribution in [3.63, 3.8) is 0 Å². The van der Waals surface area contributed by atoms with Crippen LogP contribution in [0.5, 0.6) is 0 Å². The molecular weight excluding hydrogens is 1140 g/mol. The second-order valence-electron chi connectivity index (χ2n) is 25.1. The SMILES string of the molecule is c1cc(-c2cccc3ccccc23)cc(-c2c3ccccc3c(-c3ccc(-c4cccc(-c5c6ccccc6c(-c6cc7ccccc7c7oc8ccccc8c67)c6ccccc56)c4-c4cccc5ccccc45)c4oc5c6ccccc6ccc5c34)c3ccccc23)c1. The van der Waals surface area contributed by atoms with E-state index in [9.17, 15) is 0 Å². The molecule has 2 heterocycles. The Morgan fingerprint density at radius 3 is 1.19 bits per heavy atom. The molecule has 2 nitrogen and oxygen atoms in total. The maximum absolute atomic E-state index is 7.73. The van der Waals surface area contributed by atoms with E-state index in [4.69, 9.17) is 8.83 Å². The number of furan rings is 2. The minimum absolute atomic E-state index is 0.847. The Hall–Kier alpha value is -12.4. The summed E-state index contributed by atoms with van der Waals surface area (Å²) in [6.45, 7) is 0. The minimum atomic E-state index is 0.847. The summed E-state index contributed by atoms with van der Waals surface area (Å²) in [5.41, 5.74) is 19.7. The van der Waals surface area contributed by atoms with Crippen molar-refractivity contribution in [2.45, 2.75) is 0 Å². The van der Waals surface area contributed by atoms with E-state index in [1.54, 1.807) is 0 Å². The zero-order valence-corrected chi connectivity index (χ0v) is 51.0. The molecule has 0 atom stereocenters. The summed E-state index contributed by atoms with van der Waals surface area (Å²) in [5, 5.41) is 23.1. The fourth-order valence-corrected chi connectivity index (χ4v) is 16.3. The van der Waals surface area contributed by atoms with Gasteiger partial charge < -0.3 is 8.83 Å². The van der Waals surface area contributed by atoms with Crippen LogP contribution in [0.15, 0.2) is 336 Å². The van der Waals surface area contributed by atoms with Crippen LogP contribution in [0.4, 0.5) is 0 Å². The average Bonchev–Trinajstić information content (AvgIpc) is 1.13. The van der Waals surface area contributed by atoms with Crippen LogP contribution in [-0.2, 0) is 0 Å². The zero-order chi connectivity index (χ0) is 61.5. The van der Waals surface area contributed by atoms with Gasteiger partial charge >= 0.3 is 0 Å². The largest absolute Gasteiger partial charge is 0.455 e.